The molecular formula is C25H30Cl2N4O4. The van der Waals surface area contributed by atoms with Crippen molar-refractivity contribution in [2.24, 2.45) is 0 Å². The van der Waals surface area contributed by atoms with Crippen LogP contribution in [0.3, 0.4) is 0 Å². The Bertz CT molecular complexity index is 1160. The molecule has 2 N–H and O–H groups in total. The first kappa shape index (κ1) is 25.7. The van der Waals surface area contributed by atoms with Gasteiger partial charge in [-0.3, -0.25) is 9.97 Å². The number of hydrogen-bond acceptors (Lipinski definition) is 8. The zero-order valence-electron chi connectivity index (χ0n) is 19.6. The fraction of sp³-hybridized carbons (Fsp3) is 0.440. The fourth-order valence-corrected chi connectivity index (χ4v) is 4.90. The van der Waals surface area contributed by atoms with Crippen LogP contribution in [-0.4, -0.2) is 66.0 Å². The fourth-order valence-electron chi connectivity index (χ4n) is 4.62. The Morgan fingerprint density at radius 2 is 1.91 bits per heavy atom. The molecule has 0 aliphatic carbocycles. The lowest BCUT2D eigenvalue weighted by Gasteiger charge is -2.34. The van der Waals surface area contributed by atoms with Crippen LogP contribution >= 0.6 is 24.0 Å². The number of β-amino-alcohol motifs (C(OH)–C–C–N with tert-alkyl or cyclic N) is 1. The second-order valence-electron chi connectivity index (χ2n) is 8.69. The highest BCUT2D eigenvalue weighted by atomic mass is 35.5. The highest BCUT2D eigenvalue weighted by molar-refractivity contribution is 6.32. The summed E-state index contributed by atoms with van der Waals surface area (Å²) in [6.45, 7) is 4.14. The van der Waals surface area contributed by atoms with E-state index in [0.717, 1.165) is 48.3 Å². The van der Waals surface area contributed by atoms with Crippen molar-refractivity contribution in [3.8, 4) is 17.2 Å². The molecule has 188 valence electrons. The Balaban J connectivity index is 0.00000289. The number of halogens is 2. The summed E-state index contributed by atoms with van der Waals surface area (Å²) in [6.07, 6.45) is 4.62. The van der Waals surface area contributed by atoms with Crippen molar-refractivity contribution >= 4 is 34.9 Å². The van der Waals surface area contributed by atoms with Gasteiger partial charge in [0.1, 0.15) is 19.0 Å². The van der Waals surface area contributed by atoms with E-state index in [2.05, 4.69) is 20.2 Å². The molecule has 1 fully saturated rings. The first-order valence-corrected chi connectivity index (χ1v) is 12.0. The monoisotopic (exact) mass is 520 g/mol. The van der Waals surface area contributed by atoms with Gasteiger partial charge in [-0.1, -0.05) is 11.6 Å². The third kappa shape index (κ3) is 5.90. The van der Waals surface area contributed by atoms with Crippen molar-refractivity contribution in [3.63, 3.8) is 0 Å². The Morgan fingerprint density at radius 3 is 2.69 bits per heavy atom. The summed E-state index contributed by atoms with van der Waals surface area (Å²) >= 11 is 6.46. The lowest BCUT2D eigenvalue weighted by Crippen LogP contribution is -2.43. The number of methoxy groups -OCH3 is 1. The highest BCUT2D eigenvalue weighted by Crippen LogP contribution is 2.33. The second-order valence-corrected chi connectivity index (χ2v) is 9.10. The summed E-state index contributed by atoms with van der Waals surface area (Å²) < 4.78 is 16.5. The van der Waals surface area contributed by atoms with Gasteiger partial charge in [-0.05, 0) is 44.1 Å². The SMILES string of the molecule is COc1ccc2ncc(Cl)c([C@H](O)CN3CCC(NCc4cc5c(cn4)OCCO5)CC3)c2c1.Cl. The molecule has 2 aliphatic heterocycles. The Labute approximate surface area is 216 Å². The van der Waals surface area contributed by atoms with Gasteiger partial charge < -0.3 is 29.5 Å². The van der Waals surface area contributed by atoms with Crippen LogP contribution in [0.4, 0.5) is 0 Å². The van der Waals surface area contributed by atoms with Gasteiger partial charge in [-0.25, -0.2) is 0 Å². The van der Waals surface area contributed by atoms with Gasteiger partial charge in [-0.2, -0.15) is 0 Å². The number of aromatic nitrogens is 2. The lowest BCUT2D eigenvalue weighted by atomic mass is 10.0. The van der Waals surface area contributed by atoms with Crippen LogP contribution in [0.1, 0.15) is 30.2 Å². The molecule has 0 spiro atoms. The van der Waals surface area contributed by atoms with Crippen molar-refractivity contribution in [1.82, 2.24) is 20.2 Å². The molecule has 5 rings (SSSR count). The van der Waals surface area contributed by atoms with Gasteiger partial charge in [-0.15, -0.1) is 12.4 Å². The highest BCUT2D eigenvalue weighted by Gasteiger charge is 2.24. The summed E-state index contributed by atoms with van der Waals surface area (Å²) in [6, 6.07) is 7.98. The number of rotatable bonds is 7. The van der Waals surface area contributed by atoms with Crippen LogP contribution in [-0.2, 0) is 6.54 Å². The standard InChI is InChI=1S/C25H29ClN4O4.ClH/c1-32-18-2-3-21-19(11-18)25(20(26)13-29-21)22(31)15-30-6-4-16(5-7-30)27-12-17-10-23-24(14-28-17)34-9-8-33-23;/h2-3,10-11,13-14,16,22,27,31H,4-9,12,15H2,1H3;1H/t22-;/m1./s1. The number of aliphatic hydroxyl groups excluding tert-OH is 1. The number of fused-ring (bicyclic) bond motifs is 2. The maximum Gasteiger partial charge on any atom is 0.179 e. The number of piperidine rings is 1. The van der Waals surface area contributed by atoms with Gasteiger partial charge in [0.15, 0.2) is 11.5 Å². The van der Waals surface area contributed by atoms with E-state index in [4.69, 9.17) is 25.8 Å². The molecule has 3 aromatic rings. The smallest absolute Gasteiger partial charge is 0.179 e. The van der Waals surface area contributed by atoms with Crippen molar-refractivity contribution < 1.29 is 19.3 Å². The quantitative estimate of drug-likeness (QED) is 0.486. The normalized spacial score (nSPS) is 17.1. The third-order valence-corrected chi connectivity index (χ3v) is 6.78. The van der Waals surface area contributed by atoms with Crippen molar-refractivity contribution in [1.29, 1.82) is 0 Å². The van der Waals surface area contributed by atoms with Crippen LogP contribution in [0.2, 0.25) is 5.02 Å². The third-order valence-electron chi connectivity index (χ3n) is 6.48. The van der Waals surface area contributed by atoms with E-state index in [-0.39, 0.29) is 12.4 Å². The molecule has 0 radical (unpaired) electrons. The molecule has 4 heterocycles. The van der Waals surface area contributed by atoms with E-state index < -0.39 is 6.10 Å². The first-order chi connectivity index (χ1) is 16.6. The van der Waals surface area contributed by atoms with E-state index >= 15 is 0 Å². The molecule has 0 saturated carbocycles. The van der Waals surface area contributed by atoms with Crippen LogP contribution in [0.25, 0.3) is 10.9 Å². The maximum absolute atomic E-state index is 11.1. The predicted octanol–water partition coefficient (Wildman–Crippen LogP) is 3.77. The number of hydrogen-bond donors (Lipinski definition) is 2. The Hall–Kier alpha value is -2.36. The average Bonchev–Trinajstić information content (AvgIpc) is 2.87. The van der Waals surface area contributed by atoms with E-state index in [9.17, 15) is 5.11 Å². The number of nitrogens with one attached hydrogen (secondary N) is 1. The summed E-state index contributed by atoms with van der Waals surface area (Å²) in [4.78, 5) is 11.1. The zero-order chi connectivity index (χ0) is 23.5. The molecule has 10 heteroatoms. The van der Waals surface area contributed by atoms with Crippen LogP contribution in [0, 0.1) is 0 Å². The summed E-state index contributed by atoms with van der Waals surface area (Å²) in [7, 11) is 1.62. The number of pyridine rings is 2. The molecule has 2 aromatic heterocycles. The van der Waals surface area contributed by atoms with Crippen molar-refractivity contribution in [3.05, 3.63) is 52.9 Å². The van der Waals surface area contributed by atoms with Gasteiger partial charge in [0, 0.05) is 42.3 Å². The number of nitrogens with zero attached hydrogens (tertiary/aromatic N) is 3. The molecule has 0 amide bonds. The van der Waals surface area contributed by atoms with Gasteiger partial charge in [0.05, 0.1) is 35.6 Å². The van der Waals surface area contributed by atoms with E-state index in [1.165, 1.54) is 0 Å². The molecule has 2 aliphatic rings. The van der Waals surface area contributed by atoms with Crippen LogP contribution < -0.4 is 19.5 Å². The lowest BCUT2D eigenvalue weighted by molar-refractivity contribution is 0.0949. The van der Waals surface area contributed by atoms with Crippen molar-refractivity contribution in [2.75, 3.05) is 40.0 Å². The van der Waals surface area contributed by atoms with Gasteiger partial charge in [0.25, 0.3) is 0 Å². The van der Waals surface area contributed by atoms with Gasteiger partial charge in [0.2, 0.25) is 0 Å². The Morgan fingerprint density at radius 1 is 1.14 bits per heavy atom. The summed E-state index contributed by atoms with van der Waals surface area (Å²) in [5.41, 5.74) is 2.43. The molecule has 35 heavy (non-hydrogen) atoms. The molecule has 8 nitrogen and oxygen atoms in total. The largest absolute Gasteiger partial charge is 0.497 e. The van der Waals surface area contributed by atoms with E-state index in [0.29, 0.717) is 54.4 Å². The first-order valence-electron chi connectivity index (χ1n) is 11.6. The summed E-state index contributed by atoms with van der Waals surface area (Å²) in [5, 5.41) is 16.0. The molecular weight excluding hydrogens is 491 g/mol. The maximum atomic E-state index is 11.1. The Kier molecular flexibility index (Phi) is 8.51. The number of benzene rings is 1. The minimum Gasteiger partial charge on any atom is -0.497 e. The van der Waals surface area contributed by atoms with Gasteiger partial charge >= 0.3 is 0 Å². The zero-order valence-corrected chi connectivity index (χ0v) is 21.1. The van der Waals surface area contributed by atoms with Crippen LogP contribution in [0.5, 0.6) is 17.2 Å². The molecule has 0 unspecified atom stereocenters. The van der Waals surface area contributed by atoms with Crippen molar-refractivity contribution in [2.45, 2.75) is 31.5 Å². The van der Waals surface area contributed by atoms with Crippen LogP contribution in [0.15, 0.2) is 36.7 Å². The molecule has 1 aromatic carbocycles. The predicted molar refractivity (Wildman–Crippen MR) is 137 cm³/mol. The minimum absolute atomic E-state index is 0. The minimum atomic E-state index is -0.712. The molecule has 1 saturated heterocycles. The molecule has 1 atom stereocenters. The number of aliphatic hydroxyl groups is 1. The van der Waals surface area contributed by atoms with E-state index in [1.54, 1.807) is 19.5 Å². The summed E-state index contributed by atoms with van der Waals surface area (Å²) in [5.74, 6) is 2.19. The number of likely N-dealkylation sites (tertiary alicyclic amines) is 1. The topological polar surface area (TPSA) is 89.0 Å². The molecule has 0 bridgehead atoms. The second kappa shape index (κ2) is 11.6. The van der Waals surface area contributed by atoms with E-state index in [1.807, 2.05) is 24.3 Å². The number of ether oxygens (including phenoxy) is 3. The average molecular weight is 521 g/mol.